The van der Waals surface area contributed by atoms with Crippen LogP contribution in [0.5, 0.6) is 0 Å². The Morgan fingerprint density at radius 3 is 2.45 bits per heavy atom. The minimum atomic E-state index is -3.14. The van der Waals surface area contributed by atoms with E-state index < -0.39 is 10.0 Å². The number of benzene rings is 1. The summed E-state index contributed by atoms with van der Waals surface area (Å²) < 4.78 is 42.6. The summed E-state index contributed by atoms with van der Waals surface area (Å²) in [5.74, 6) is 0.660. The maximum Gasteiger partial charge on any atom is 0.230 e. The van der Waals surface area contributed by atoms with E-state index in [1.807, 2.05) is 0 Å². The van der Waals surface area contributed by atoms with Crippen molar-refractivity contribution in [3.8, 4) is 11.4 Å². The fourth-order valence-corrected chi connectivity index (χ4v) is 3.43. The summed E-state index contributed by atoms with van der Waals surface area (Å²) in [5.41, 5.74) is 0.685. The Bertz CT molecular complexity index is 750. The molecule has 1 aliphatic heterocycles. The van der Waals surface area contributed by atoms with Gasteiger partial charge in [-0.3, -0.25) is 0 Å². The number of aromatic nitrogens is 2. The number of rotatable bonds is 3. The molecule has 0 atom stereocenters. The van der Waals surface area contributed by atoms with E-state index in [0.717, 1.165) is 0 Å². The van der Waals surface area contributed by atoms with Crippen LogP contribution in [0.3, 0.4) is 0 Å². The Hall–Kier alpha value is -1.80. The van der Waals surface area contributed by atoms with E-state index in [1.54, 1.807) is 12.1 Å². The van der Waals surface area contributed by atoms with Gasteiger partial charge in [-0.2, -0.15) is 4.98 Å². The van der Waals surface area contributed by atoms with Crippen LogP contribution >= 0.6 is 0 Å². The first-order valence-corrected chi connectivity index (χ1v) is 8.83. The van der Waals surface area contributed by atoms with Crippen molar-refractivity contribution in [2.24, 2.45) is 0 Å². The van der Waals surface area contributed by atoms with Gasteiger partial charge in [-0.05, 0) is 37.1 Å². The number of hydrogen-bond donors (Lipinski definition) is 0. The molecule has 0 unspecified atom stereocenters. The smallest absolute Gasteiger partial charge is 0.230 e. The van der Waals surface area contributed by atoms with E-state index in [9.17, 15) is 12.8 Å². The molecule has 1 aromatic carbocycles. The van der Waals surface area contributed by atoms with E-state index in [1.165, 1.54) is 22.7 Å². The molecule has 1 aromatic heterocycles. The van der Waals surface area contributed by atoms with Gasteiger partial charge in [0.2, 0.25) is 21.7 Å². The van der Waals surface area contributed by atoms with Crippen LogP contribution in [0.1, 0.15) is 24.7 Å². The molecule has 22 heavy (non-hydrogen) atoms. The third kappa shape index (κ3) is 3.17. The molecule has 2 aromatic rings. The van der Waals surface area contributed by atoms with Crippen molar-refractivity contribution >= 4 is 10.0 Å². The van der Waals surface area contributed by atoms with Crippen molar-refractivity contribution in [2.45, 2.75) is 18.8 Å². The molecule has 3 rings (SSSR count). The fraction of sp³-hybridized carbons (Fsp3) is 0.429. The molecule has 0 amide bonds. The van der Waals surface area contributed by atoms with Gasteiger partial charge in [-0.1, -0.05) is 5.16 Å². The van der Waals surface area contributed by atoms with Crippen LogP contribution in [0.4, 0.5) is 4.39 Å². The Morgan fingerprint density at radius 2 is 1.86 bits per heavy atom. The first kappa shape index (κ1) is 15.1. The van der Waals surface area contributed by atoms with Crippen molar-refractivity contribution < 1.29 is 17.3 Å². The van der Waals surface area contributed by atoms with E-state index >= 15 is 0 Å². The topological polar surface area (TPSA) is 76.3 Å². The number of sulfonamides is 1. The van der Waals surface area contributed by atoms with E-state index in [4.69, 9.17) is 4.52 Å². The van der Waals surface area contributed by atoms with E-state index in [0.29, 0.717) is 43.2 Å². The zero-order chi connectivity index (χ0) is 15.7. The molecule has 6 nitrogen and oxygen atoms in total. The molecule has 0 aliphatic carbocycles. The van der Waals surface area contributed by atoms with E-state index in [-0.39, 0.29) is 11.7 Å². The van der Waals surface area contributed by atoms with Gasteiger partial charge in [0.15, 0.2) is 0 Å². The van der Waals surface area contributed by atoms with Gasteiger partial charge in [-0.25, -0.2) is 17.1 Å². The predicted octanol–water partition coefficient (Wildman–Crippen LogP) is 2.01. The van der Waals surface area contributed by atoms with Gasteiger partial charge in [0, 0.05) is 24.6 Å². The molecule has 0 bridgehead atoms. The summed E-state index contributed by atoms with van der Waals surface area (Å²) in [6.45, 7) is 0.912. The molecule has 0 N–H and O–H groups in total. The molecule has 1 fully saturated rings. The summed E-state index contributed by atoms with van der Waals surface area (Å²) >= 11 is 0. The lowest BCUT2D eigenvalue weighted by Gasteiger charge is -2.28. The maximum atomic E-state index is 12.9. The monoisotopic (exact) mass is 325 g/mol. The zero-order valence-corrected chi connectivity index (χ0v) is 12.9. The Balaban J connectivity index is 1.71. The highest BCUT2D eigenvalue weighted by Gasteiger charge is 2.29. The largest absolute Gasteiger partial charge is 0.339 e. The van der Waals surface area contributed by atoms with Crippen LogP contribution in [0.2, 0.25) is 0 Å². The summed E-state index contributed by atoms with van der Waals surface area (Å²) in [6.07, 6.45) is 2.52. The average Bonchev–Trinajstić information content (AvgIpc) is 2.97. The van der Waals surface area contributed by atoms with Gasteiger partial charge in [0.25, 0.3) is 0 Å². The molecule has 0 spiro atoms. The van der Waals surface area contributed by atoms with Gasteiger partial charge >= 0.3 is 0 Å². The maximum absolute atomic E-state index is 12.9. The standard InChI is InChI=1S/C14H16FN3O3S/c1-22(19,20)18-8-6-11(7-9-18)14-16-13(17-21-14)10-2-4-12(15)5-3-10/h2-5,11H,6-9H2,1H3. The summed E-state index contributed by atoms with van der Waals surface area (Å²) in [6, 6.07) is 5.87. The first-order valence-electron chi connectivity index (χ1n) is 6.98. The van der Waals surface area contributed by atoms with Crippen LogP contribution < -0.4 is 0 Å². The van der Waals surface area contributed by atoms with E-state index in [2.05, 4.69) is 10.1 Å². The van der Waals surface area contributed by atoms with Crippen LogP contribution in [0, 0.1) is 5.82 Å². The number of nitrogens with zero attached hydrogens (tertiary/aromatic N) is 3. The van der Waals surface area contributed by atoms with Crippen LogP contribution in [0.15, 0.2) is 28.8 Å². The first-order chi connectivity index (χ1) is 10.4. The van der Waals surface area contributed by atoms with Crippen molar-refractivity contribution in [2.75, 3.05) is 19.3 Å². The van der Waals surface area contributed by atoms with Crippen molar-refractivity contribution in [3.05, 3.63) is 36.0 Å². The summed E-state index contributed by atoms with van der Waals surface area (Å²) in [5, 5.41) is 3.92. The Kier molecular flexibility index (Phi) is 3.96. The third-order valence-electron chi connectivity index (χ3n) is 3.82. The minimum Gasteiger partial charge on any atom is -0.339 e. The van der Waals surface area contributed by atoms with Crippen LogP contribution in [0.25, 0.3) is 11.4 Å². The molecule has 8 heteroatoms. The Labute approximate surface area is 128 Å². The minimum absolute atomic E-state index is 0.0553. The normalized spacial score (nSPS) is 17.7. The van der Waals surface area contributed by atoms with Crippen molar-refractivity contribution in [3.63, 3.8) is 0 Å². The molecule has 0 saturated carbocycles. The lowest BCUT2D eigenvalue weighted by molar-refractivity contribution is 0.271. The number of piperidine rings is 1. The average molecular weight is 325 g/mol. The van der Waals surface area contributed by atoms with Gasteiger partial charge in [0.05, 0.1) is 6.26 Å². The Morgan fingerprint density at radius 1 is 1.23 bits per heavy atom. The molecule has 118 valence electrons. The van der Waals surface area contributed by atoms with Gasteiger partial charge in [0.1, 0.15) is 5.82 Å². The second-order valence-corrected chi connectivity index (χ2v) is 7.38. The molecule has 2 heterocycles. The quantitative estimate of drug-likeness (QED) is 0.863. The predicted molar refractivity (Wildman–Crippen MR) is 78.1 cm³/mol. The number of halogens is 1. The van der Waals surface area contributed by atoms with Crippen LogP contribution in [-0.4, -0.2) is 42.2 Å². The highest BCUT2D eigenvalue weighted by atomic mass is 32.2. The van der Waals surface area contributed by atoms with Gasteiger partial charge < -0.3 is 4.52 Å². The molecule has 0 radical (unpaired) electrons. The highest BCUT2D eigenvalue weighted by molar-refractivity contribution is 7.88. The van der Waals surface area contributed by atoms with Crippen molar-refractivity contribution in [1.29, 1.82) is 0 Å². The molecule has 1 aliphatic rings. The van der Waals surface area contributed by atoms with Crippen molar-refractivity contribution in [1.82, 2.24) is 14.4 Å². The lowest BCUT2D eigenvalue weighted by atomic mass is 9.98. The second-order valence-electron chi connectivity index (χ2n) is 5.40. The molecular formula is C14H16FN3O3S. The number of hydrogen-bond acceptors (Lipinski definition) is 5. The third-order valence-corrected chi connectivity index (χ3v) is 5.12. The summed E-state index contributed by atoms with van der Waals surface area (Å²) in [4.78, 5) is 4.35. The summed E-state index contributed by atoms with van der Waals surface area (Å²) in [7, 11) is -3.14. The van der Waals surface area contributed by atoms with Gasteiger partial charge in [-0.15, -0.1) is 0 Å². The lowest BCUT2D eigenvalue weighted by Crippen LogP contribution is -2.37. The second kappa shape index (κ2) is 5.77. The zero-order valence-electron chi connectivity index (χ0n) is 12.1. The van der Waals surface area contributed by atoms with Crippen LogP contribution in [-0.2, 0) is 10.0 Å². The highest BCUT2D eigenvalue weighted by Crippen LogP contribution is 2.29. The molecule has 1 saturated heterocycles. The fourth-order valence-electron chi connectivity index (χ4n) is 2.55. The SMILES string of the molecule is CS(=O)(=O)N1CCC(c2nc(-c3ccc(F)cc3)no2)CC1. The molecular weight excluding hydrogens is 309 g/mol.